The van der Waals surface area contributed by atoms with Crippen LogP contribution in [-0.2, 0) is 16.1 Å². The molecule has 3 aliphatic rings. The summed E-state index contributed by atoms with van der Waals surface area (Å²) in [7, 11) is 0. The smallest absolute Gasteiger partial charge is 0.219 e. The van der Waals surface area contributed by atoms with Gasteiger partial charge in [-0.05, 0) is 72.5 Å². The summed E-state index contributed by atoms with van der Waals surface area (Å²) in [6.45, 7) is 8.66. The van der Waals surface area contributed by atoms with Gasteiger partial charge in [0.05, 0.1) is 6.61 Å². The molecule has 1 atom stereocenters. The van der Waals surface area contributed by atoms with Crippen LogP contribution in [0.5, 0.6) is 0 Å². The van der Waals surface area contributed by atoms with Crippen LogP contribution in [0.4, 0.5) is 0 Å². The lowest BCUT2D eigenvalue weighted by molar-refractivity contribution is -0.128. The van der Waals surface area contributed by atoms with E-state index in [0.717, 1.165) is 51.9 Å². The second-order valence-corrected chi connectivity index (χ2v) is 9.13. The van der Waals surface area contributed by atoms with Crippen molar-refractivity contribution in [2.75, 3.05) is 39.4 Å². The molecule has 1 aromatic heterocycles. The summed E-state index contributed by atoms with van der Waals surface area (Å²) in [5.74, 6) is 1.55. The van der Waals surface area contributed by atoms with Gasteiger partial charge in [0, 0.05) is 39.1 Å². The fourth-order valence-corrected chi connectivity index (χ4v) is 5.19. The first-order valence-electron chi connectivity index (χ1n) is 9.71. The SMILES string of the molecule is CC(=O)N1CC(COCC2CC2)C2(CCN(Cc3ccsc3)CC2)C1. The molecule has 1 aliphatic carbocycles. The lowest BCUT2D eigenvalue weighted by atomic mass is 9.71. The van der Waals surface area contributed by atoms with Crippen LogP contribution in [0.25, 0.3) is 0 Å². The van der Waals surface area contributed by atoms with Crippen LogP contribution >= 0.6 is 11.3 Å². The van der Waals surface area contributed by atoms with Crippen molar-refractivity contribution < 1.29 is 9.53 Å². The van der Waals surface area contributed by atoms with Crippen molar-refractivity contribution in [3.05, 3.63) is 22.4 Å². The monoisotopic (exact) mass is 362 g/mol. The van der Waals surface area contributed by atoms with Gasteiger partial charge in [0.25, 0.3) is 0 Å². The van der Waals surface area contributed by atoms with E-state index in [1.54, 1.807) is 18.3 Å². The van der Waals surface area contributed by atoms with Gasteiger partial charge in [-0.2, -0.15) is 11.3 Å². The molecule has 1 aromatic rings. The Morgan fingerprint density at radius 2 is 2.12 bits per heavy atom. The molecule has 3 heterocycles. The van der Waals surface area contributed by atoms with E-state index < -0.39 is 0 Å². The van der Waals surface area contributed by atoms with E-state index in [-0.39, 0.29) is 11.3 Å². The highest BCUT2D eigenvalue weighted by molar-refractivity contribution is 7.07. The van der Waals surface area contributed by atoms with Crippen molar-refractivity contribution in [2.45, 2.75) is 39.2 Å². The predicted octanol–water partition coefficient (Wildman–Crippen LogP) is 3.24. The molecule has 3 fully saturated rings. The number of carbonyl (C=O) groups excluding carboxylic acids is 1. The molecule has 1 unspecified atom stereocenters. The Balaban J connectivity index is 1.36. The maximum Gasteiger partial charge on any atom is 0.219 e. The third-order valence-electron chi connectivity index (χ3n) is 6.47. The number of hydrogen-bond acceptors (Lipinski definition) is 4. The topological polar surface area (TPSA) is 32.8 Å². The van der Waals surface area contributed by atoms with Crippen molar-refractivity contribution >= 4 is 17.2 Å². The Morgan fingerprint density at radius 1 is 1.32 bits per heavy atom. The number of likely N-dealkylation sites (tertiary alicyclic amines) is 2. The Morgan fingerprint density at radius 3 is 2.76 bits per heavy atom. The number of carbonyl (C=O) groups is 1. The maximum atomic E-state index is 12.0. The van der Waals surface area contributed by atoms with E-state index in [2.05, 4.69) is 26.6 Å². The average Bonchev–Trinajstić information content (AvgIpc) is 3.15. The molecular formula is C20H30N2O2S. The number of rotatable bonds is 6. The van der Waals surface area contributed by atoms with Crippen molar-refractivity contribution in [2.24, 2.45) is 17.3 Å². The van der Waals surface area contributed by atoms with E-state index in [0.29, 0.717) is 5.92 Å². The van der Waals surface area contributed by atoms with Crippen LogP contribution in [0.1, 0.15) is 38.2 Å². The van der Waals surface area contributed by atoms with Gasteiger partial charge in [0.2, 0.25) is 5.91 Å². The Kier molecular flexibility index (Phi) is 5.16. The summed E-state index contributed by atoms with van der Waals surface area (Å²) >= 11 is 1.78. The van der Waals surface area contributed by atoms with Crippen LogP contribution < -0.4 is 0 Å². The normalized spacial score (nSPS) is 26.4. The summed E-state index contributed by atoms with van der Waals surface area (Å²) in [4.78, 5) is 16.6. The van der Waals surface area contributed by atoms with E-state index in [9.17, 15) is 4.79 Å². The third kappa shape index (κ3) is 4.09. The van der Waals surface area contributed by atoms with Gasteiger partial charge in [0.15, 0.2) is 0 Å². The fraction of sp³-hybridized carbons (Fsp3) is 0.750. The van der Waals surface area contributed by atoms with Gasteiger partial charge in [-0.1, -0.05) is 0 Å². The molecule has 25 heavy (non-hydrogen) atoms. The molecule has 1 spiro atoms. The molecule has 2 aliphatic heterocycles. The molecular weight excluding hydrogens is 332 g/mol. The van der Waals surface area contributed by atoms with E-state index >= 15 is 0 Å². The standard InChI is InChI=1S/C20H30N2O2S/c1-16(23)22-11-19(13-24-12-17-2-3-17)20(15-22)5-7-21(8-6-20)10-18-4-9-25-14-18/h4,9,14,17,19H,2-3,5-8,10-13,15H2,1H3. The summed E-state index contributed by atoms with van der Waals surface area (Å²) in [5.41, 5.74) is 1.71. The maximum absolute atomic E-state index is 12.0. The van der Waals surface area contributed by atoms with Gasteiger partial charge < -0.3 is 9.64 Å². The Bertz CT molecular complexity index is 577. The Labute approximate surface area is 155 Å². The summed E-state index contributed by atoms with van der Waals surface area (Å²) in [5, 5.41) is 4.42. The highest BCUT2D eigenvalue weighted by Gasteiger charge is 2.48. The molecule has 0 radical (unpaired) electrons. The number of hydrogen-bond donors (Lipinski definition) is 0. The second-order valence-electron chi connectivity index (χ2n) is 8.35. The molecule has 1 amide bonds. The number of thiophene rings is 1. The fourth-order valence-electron chi connectivity index (χ4n) is 4.53. The van der Waals surface area contributed by atoms with E-state index in [4.69, 9.17) is 4.74 Å². The van der Waals surface area contributed by atoms with Gasteiger partial charge in [-0.15, -0.1) is 0 Å². The van der Waals surface area contributed by atoms with E-state index in [1.165, 1.54) is 31.2 Å². The van der Waals surface area contributed by atoms with Crippen LogP contribution in [-0.4, -0.2) is 55.1 Å². The van der Waals surface area contributed by atoms with E-state index in [1.807, 2.05) is 0 Å². The first kappa shape index (κ1) is 17.5. The summed E-state index contributed by atoms with van der Waals surface area (Å²) in [6, 6.07) is 2.23. The third-order valence-corrected chi connectivity index (χ3v) is 7.20. The highest BCUT2D eigenvalue weighted by atomic mass is 32.1. The van der Waals surface area contributed by atoms with Gasteiger partial charge in [-0.3, -0.25) is 9.69 Å². The highest BCUT2D eigenvalue weighted by Crippen LogP contribution is 2.45. The van der Waals surface area contributed by atoms with Gasteiger partial charge in [-0.25, -0.2) is 0 Å². The lowest BCUT2D eigenvalue weighted by Gasteiger charge is -2.42. The van der Waals surface area contributed by atoms with Crippen molar-refractivity contribution in [1.82, 2.24) is 9.80 Å². The van der Waals surface area contributed by atoms with Gasteiger partial charge >= 0.3 is 0 Å². The zero-order valence-corrected chi connectivity index (χ0v) is 16.1. The zero-order chi connectivity index (χ0) is 17.3. The van der Waals surface area contributed by atoms with Crippen LogP contribution in [0.2, 0.25) is 0 Å². The van der Waals surface area contributed by atoms with Gasteiger partial charge in [0.1, 0.15) is 0 Å². The summed E-state index contributed by atoms with van der Waals surface area (Å²) < 4.78 is 6.06. The first-order valence-corrected chi connectivity index (χ1v) is 10.7. The minimum Gasteiger partial charge on any atom is -0.381 e. The van der Waals surface area contributed by atoms with Crippen LogP contribution in [0.3, 0.4) is 0 Å². The minimum absolute atomic E-state index is 0.227. The molecule has 5 heteroatoms. The first-order chi connectivity index (χ1) is 12.1. The number of amides is 1. The zero-order valence-electron chi connectivity index (χ0n) is 15.3. The number of nitrogens with zero attached hydrogens (tertiary/aromatic N) is 2. The average molecular weight is 363 g/mol. The quantitative estimate of drug-likeness (QED) is 0.779. The minimum atomic E-state index is 0.227. The second kappa shape index (κ2) is 7.37. The number of ether oxygens (including phenoxy) is 1. The molecule has 0 bridgehead atoms. The van der Waals surface area contributed by atoms with Crippen molar-refractivity contribution in [3.8, 4) is 0 Å². The molecule has 138 valence electrons. The van der Waals surface area contributed by atoms with Crippen molar-refractivity contribution in [1.29, 1.82) is 0 Å². The number of piperidine rings is 1. The molecule has 0 aromatic carbocycles. The lowest BCUT2D eigenvalue weighted by Crippen LogP contribution is -2.45. The largest absolute Gasteiger partial charge is 0.381 e. The molecule has 4 rings (SSSR count). The van der Waals surface area contributed by atoms with Crippen LogP contribution in [0, 0.1) is 17.3 Å². The predicted molar refractivity (Wildman–Crippen MR) is 101 cm³/mol. The van der Waals surface area contributed by atoms with Crippen molar-refractivity contribution in [3.63, 3.8) is 0 Å². The molecule has 4 nitrogen and oxygen atoms in total. The Hall–Kier alpha value is -0.910. The molecule has 2 saturated heterocycles. The molecule has 0 N–H and O–H groups in total. The summed E-state index contributed by atoms with van der Waals surface area (Å²) in [6.07, 6.45) is 5.07. The molecule has 1 saturated carbocycles. The van der Waals surface area contributed by atoms with Crippen LogP contribution in [0.15, 0.2) is 16.8 Å².